The number of benzene rings is 2. The first-order chi connectivity index (χ1) is 27.9. The van der Waals surface area contributed by atoms with Gasteiger partial charge in [-0.1, -0.05) is 18.2 Å². The van der Waals surface area contributed by atoms with Gasteiger partial charge in [0.05, 0.1) is 19.8 Å². The summed E-state index contributed by atoms with van der Waals surface area (Å²) >= 11 is 0. The molecular weight excluding hydrogens is 743 g/mol. The lowest BCUT2D eigenvalue weighted by molar-refractivity contribution is -0.146. The van der Waals surface area contributed by atoms with Gasteiger partial charge in [-0.25, -0.2) is 9.59 Å². The Morgan fingerprint density at radius 3 is 2.36 bits per heavy atom. The SMILES string of the molecule is COC(=O)COCCCOCCCCCOc1cccc([C@H](C)NC(=O)c2cccc(NC3(c4nnc(-c5ccncc5)[nH]4)CCN(C(=O)OC(C)(C)C)CC3)c2)c1. The van der Waals surface area contributed by atoms with Gasteiger partial charge >= 0.3 is 12.1 Å². The quantitative estimate of drug-likeness (QED) is 0.0627. The monoisotopic (exact) mass is 799 g/mol. The highest BCUT2D eigenvalue weighted by molar-refractivity contribution is 5.95. The number of aromatic nitrogens is 4. The zero-order valence-corrected chi connectivity index (χ0v) is 34.3. The van der Waals surface area contributed by atoms with Gasteiger partial charge in [0.1, 0.15) is 23.5 Å². The minimum atomic E-state index is -0.711. The maximum atomic E-state index is 13.6. The van der Waals surface area contributed by atoms with Crippen LogP contribution in [0.5, 0.6) is 5.75 Å². The molecule has 1 aliphatic heterocycles. The number of esters is 1. The molecular formula is C43H57N7O8. The van der Waals surface area contributed by atoms with E-state index in [0.717, 1.165) is 48.2 Å². The lowest BCUT2D eigenvalue weighted by Crippen LogP contribution is -2.50. The number of rotatable bonds is 20. The van der Waals surface area contributed by atoms with E-state index < -0.39 is 11.1 Å². The van der Waals surface area contributed by atoms with Gasteiger partial charge in [-0.15, -0.1) is 10.2 Å². The Hall–Kier alpha value is -5.54. The number of ether oxygens (including phenoxy) is 5. The number of unbranched alkanes of at least 4 members (excludes halogenated alkanes) is 2. The van der Waals surface area contributed by atoms with Crippen molar-refractivity contribution in [2.24, 2.45) is 0 Å². The van der Waals surface area contributed by atoms with Gasteiger partial charge in [0, 0.05) is 62.1 Å². The summed E-state index contributed by atoms with van der Waals surface area (Å²) in [6.07, 6.45) is 7.60. The zero-order chi connectivity index (χ0) is 41.4. The van der Waals surface area contributed by atoms with E-state index >= 15 is 0 Å². The molecule has 4 aromatic rings. The van der Waals surface area contributed by atoms with Crippen LogP contribution < -0.4 is 15.4 Å². The summed E-state index contributed by atoms with van der Waals surface area (Å²) in [6, 6.07) is 18.6. The number of piperidine rings is 1. The number of amides is 2. The van der Waals surface area contributed by atoms with Crippen LogP contribution in [0.3, 0.4) is 0 Å². The number of aromatic amines is 1. The van der Waals surface area contributed by atoms with Crippen molar-refractivity contribution in [2.75, 3.05) is 58.6 Å². The fourth-order valence-electron chi connectivity index (χ4n) is 6.44. The first-order valence-electron chi connectivity index (χ1n) is 19.9. The van der Waals surface area contributed by atoms with E-state index in [1.807, 2.05) is 82.3 Å². The highest BCUT2D eigenvalue weighted by Crippen LogP contribution is 2.36. The molecule has 15 nitrogen and oxygen atoms in total. The molecule has 15 heteroatoms. The lowest BCUT2D eigenvalue weighted by Gasteiger charge is -2.41. The minimum Gasteiger partial charge on any atom is -0.494 e. The second-order valence-corrected chi connectivity index (χ2v) is 15.3. The number of anilines is 1. The first-order valence-corrected chi connectivity index (χ1v) is 19.9. The van der Waals surface area contributed by atoms with Crippen molar-refractivity contribution in [3.63, 3.8) is 0 Å². The summed E-state index contributed by atoms with van der Waals surface area (Å²) in [7, 11) is 1.33. The van der Waals surface area contributed by atoms with Crippen molar-refractivity contribution in [3.8, 4) is 17.1 Å². The number of methoxy groups -OCH3 is 1. The zero-order valence-electron chi connectivity index (χ0n) is 34.3. The van der Waals surface area contributed by atoms with E-state index in [1.54, 1.807) is 23.4 Å². The lowest BCUT2D eigenvalue weighted by atomic mass is 9.86. The van der Waals surface area contributed by atoms with Crippen molar-refractivity contribution in [1.29, 1.82) is 0 Å². The number of carbonyl (C=O) groups is 3. The van der Waals surface area contributed by atoms with Gasteiger partial charge in [0.25, 0.3) is 5.91 Å². The van der Waals surface area contributed by atoms with Crippen molar-refractivity contribution in [1.82, 2.24) is 30.4 Å². The van der Waals surface area contributed by atoms with Crippen LogP contribution in [0.15, 0.2) is 73.1 Å². The van der Waals surface area contributed by atoms with Crippen molar-refractivity contribution < 1.29 is 38.1 Å². The van der Waals surface area contributed by atoms with Crippen molar-refractivity contribution >= 4 is 23.7 Å². The smallest absolute Gasteiger partial charge is 0.410 e. The predicted molar refractivity (Wildman–Crippen MR) is 218 cm³/mol. The molecule has 0 unspecified atom stereocenters. The number of pyridine rings is 1. The van der Waals surface area contributed by atoms with E-state index in [0.29, 0.717) is 69.6 Å². The normalized spacial score (nSPS) is 14.3. The Morgan fingerprint density at radius 2 is 1.60 bits per heavy atom. The number of nitrogens with one attached hydrogen (secondary N) is 3. The molecule has 312 valence electrons. The summed E-state index contributed by atoms with van der Waals surface area (Å²) < 4.78 is 27.1. The Balaban J connectivity index is 1.14. The maximum Gasteiger partial charge on any atom is 0.410 e. The van der Waals surface area contributed by atoms with Crippen LogP contribution in [0.4, 0.5) is 10.5 Å². The summed E-state index contributed by atoms with van der Waals surface area (Å²) in [6.45, 7) is 10.6. The molecule has 1 fully saturated rings. The molecule has 3 N–H and O–H groups in total. The molecule has 0 bridgehead atoms. The van der Waals surface area contributed by atoms with Crippen LogP contribution in [-0.2, 0) is 29.3 Å². The highest BCUT2D eigenvalue weighted by atomic mass is 16.6. The van der Waals surface area contributed by atoms with E-state index in [4.69, 9.17) is 18.9 Å². The molecule has 1 saturated heterocycles. The summed E-state index contributed by atoms with van der Waals surface area (Å²) in [5.74, 6) is 1.39. The molecule has 2 amide bonds. The van der Waals surface area contributed by atoms with Gasteiger partial charge < -0.3 is 44.2 Å². The molecule has 0 saturated carbocycles. The fourth-order valence-corrected chi connectivity index (χ4v) is 6.44. The average Bonchev–Trinajstić information content (AvgIpc) is 3.73. The van der Waals surface area contributed by atoms with Crippen molar-refractivity contribution in [2.45, 2.75) is 83.4 Å². The molecule has 2 aromatic carbocycles. The predicted octanol–water partition coefficient (Wildman–Crippen LogP) is 6.84. The summed E-state index contributed by atoms with van der Waals surface area (Å²) in [4.78, 5) is 46.9. The minimum absolute atomic E-state index is 0.0371. The van der Waals surface area contributed by atoms with Crippen LogP contribution in [0.25, 0.3) is 11.4 Å². The topological polar surface area (TPSA) is 179 Å². The van der Waals surface area contributed by atoms with Crippen LogP contribution in [-0.4, -0.2) is 102 Å². The van der Waals surface area contributed by atoms with Gasteiger partial charge in [0.15, 0.2) is 11.6 Å². The number of likely N-dealkylation sites (tertiary alicyclic amines) is 1. The highest BCUT2D eigenvalue weighted by Gasteiger charge is 2.41. The van der Waals surface area contributed by atoms with E-state index in [-0.39, 0.29) is 30.6 Å². The Kier molecular flexibility index (Phi) is 16.0. The van der Waals surface area contributed by atoms with E-state index in [1.165, 1.54) is 7.11 Å². The van der Waals surface area contributed by atoms with Crippen molar-refractivity contribution in [3.05, 3.63) is 90.0 Å². The average molecular weight is 800 g/mol. The Labute approximate surface area is 340 Å². The van der Waals surface area contributed by atoms with E-state index in [2.05, 4.69) is 35.5 Å². The number of hydrogen-bond acceptors (Lipinski definition) is 12. The van der Waals surface area contributed by atoms with Crippen LogP contribution in [0, 0.1) is 0 Å². The Bertz CT molecular complexity index is 1910. The van der Waals surface area contributed by atoms with Crippen LogP contribution in [0.2, 0.25) is 0 Å². The van der Waals surface area contributed by atoms with Gasteiger partial charge in [-0.2, -0.15) is 0 Å². The third kappa shape index (κ3) is 13.3. The molecule has 5 rings (SSSR count). The van der Waals surface area contributed by atoms with Crippen LogP contribution in [0.1, 0.15) is 94.0 Å². The number of hydrogen-bond donors (Lipinski definition) is 3. The van der Waals surface area contributed by atoms with E-state index in [9.17, 15) is 14.4 Å². The third-order valence-electron chi connectivity index (χ3n) is 9.60. The second kappa shape index (κ2) is 21.3. The van der Waals surface area contributed by atoms with Crippen LogP contribution >= 0.6 is 0 Å². The standard InChI is InChI=1S/C43H57N7O8/c1-31(33-12-10-15-36(29-33)57-27-8-6-7-24-55-25-11-26-56-30-37(51)54-5)45-39(52)34-13-9-14-35(28-34)47-43(18-22-50(23-19-43)41(53)58-42(2,3)4)40-46-38(48-49-40)32-16-20-44-21-17-32/h9-10,12-17,20-21,28-29,31,47H,6-8,11,18-19,22-27,30H2,1-5H3,(H,45,52)(H,46,48,49)/t31-/m0/s1. The maximum absolute atomic E-state index is 13.6. The summed E-state index contributed by atoms with van der Waals surface area (Å²) in [5.41, 5.74) is 1.70. The first kappa shape index (κ1) is 43.6. The number of carbonyl (C=O) groups excluding carboxylic acids is 3. The van der Waals surface area contributed by atoms with Gasteiger partial charge in [-0.05, 0) is 114 Å². The second-order valence-electron chi connectivity index (χ2n) is 15.3. The molecule has 0 aliphatic carbocycles. The summed E-state index contributed by atoms with van der Waals surface area (Å²) in [5, 5.41) is 15.8. The number of nitrogens with zero attached hydrogens (tertiary/aromatic N) is 4. The Morgan fingerprint density at radius 1 is 0.879 bits per heavy atom. The molecule has 58 heavy (non-hydrogen) atoms. The molecule has 0 radical (unpaired) electrons. The molecule has 1 aliphatic rings. The molecule has 1 atom stereocenters. The third-order valence-corrected chi connectivity index (χ3v) is 9.60. The number of H-pyrrole nitrogens is 1. The molecule has 2 aromatic heterocycles. The molecule has 3 heterocycles. The van der Waals surface area contributed by atoms with Gasteiger partial charge in [-0.3, -0.25) is 9.78 Å². The molecule has 0 spiro atoms. The fraction of sp³-hybridized carbons (Fsp3) is 0.488. The largest absolute Gasteiger partial charge is 0.494 e. The van der Waals surface area contributed by atoms with Gasteiger partial charge in [0.2, 0.25) is 0 Å².